The normalized spacial score (nSPS) is 11.8. The molecule has 0 unspecified atom stereocenters. The second-order valence-electron chi connectivity index (χ2n) is 5.44. The van der Waals surface area contributed by atoms with Crippen molar-refractivity contribution >= 4 is 16.8 Å². The van der Waals surface area contributed by atoms with Crippen molar-refractivity contribution < 1.29 is 4.79 Å². The molecule has 0 aromatic carbocycles. The van der Waals surface area contributed by atoms with Gasteiger partial charge in [0.05, 0.1) is 0 Å². The molecular weight excluding hydrogens is 256 g/mol. The maximum Gasteiger partial charge on any atom is 0.245 e. The van der Waals surface area contributed by atoms with E-state index in [0.29, 0.717) is 0 Å². The minimum Gasteiger partial charge on any atom is -0.276 e. The zero-order valence-corrected chi connectivity index (χ0v) is 13.6. The summed E-state index contributed by atoms with van der Waals surface area (Å²) in [6, 6.07) is 0. The van der Waals surface area contributed by atoms with Gasteiger partial charge in [0.25, 0.3) is 0 Å². The first kappa shape index (κ1) is 18.7. The van der Waals surface area contributed by atoms with Gasteiger partial charge in [0.2, 0.25) is 5.24 Å². The molecule has 0 heterocycles. The molecule has 0 N–H and O–H groups in total. The Morgan fingerprint density at radius 2 is 1.26 bits per heavy atom. The largest absolute Gasteiger partial charge is 0.276 e. The molecule has 0 aliphatic carbocycles. The molecule has 0 spiro atoms. The predicted octanol–water partition coefficient (Wildman–Crippen LogP) is 6.40. The lowest BCUT2D eigenvalue weighted by Crippen LogP contribution is -1.90. The van der Waals surface area contributed by atoms with Crippen molar-refractivity contribution in [2.24, 2.45) is 0 Å². The van der Waals surface area contributed by atoms with Crippen LogP contribution in [-0.4, -0.2) is 5.24 Å². The molecule has 0 aliphatic rings. The van der Waals surface area contributed by atoms with Crippen LogP contribution in [0.1, 0.15) is 90.9 Å². The number of carbonyl (C=O) groups excluding carboxylic acids is 1. The molecule has 0 aromatic rings. The maximum absolute atomic E-state index is 10.9. The summed E-state index contributed by atoms with van der Waals surface area (Å²) >= 11 is 5.45. The van der Waals surface area contributed by atoms with Crippen molar-refractivity contribution in [3.8, 4) is 0 Å². The molecule has 0 aromatic heterocycles. The molecule has 112 valence electrons. The van der Waals surface area contributed by atoms with Crippen LogP contribution < -0.4 is 0 Å². The summed E-state index contributed by atoms with van der Waals surface area (Å²) in [5, 5.41) is -0.314. The number of carbonyl (C=O) groups is 1. The molecule has 0 atom stereocenters. The van der Waals surface area contributed by atoms with E-state index in [-0.39, 0.29) is 5.24 Å². The molecule has 19 heavy (non-hydrogen) atoms. The molecule has 0 saturated carbocycles. The van der Waals surface area contributed by atoms with Gasteiger partial charge in [0.15, 0.2) is 0 Å². The molecule has 0 amide bonds. The SMILES string of the molecule is CCCCCCCCCC/C(=C/C(=O)Cl)CCCC. The Kier molecular flexibility index (Phi) is 13.9. The zero-order chi connectivity index (χ0) is 14.3. The number of unbranched alkanes of at least 4 members (excludes halogenated alkanes) is 8. The van der Waals surface area contributed by atoms with E-state index in [9.17, 15) is 4.79 Å². The van der Waals surface area contributed by atoms with E-state index in [1.165, 1.54) is 63.4 Å². The molecular formula is C17H31ClO. The van der Waals surface area contributed by atoms with E-state index in [4.69, 9.17) is 11.6 Å². The van der Waals surface area contributed by atoms with Gasteiger partial charge >= 0.3 is 0 Å². The first-order chi connectivity index (χ1) is 9.20. The van der Waals surface area contributed by atoms with Crippen LogP contribution in [0.3, 0.4) is 0 Å². The van der Waals surface area contributed by atoms with Crippen LogP contribution in [0, 0.1) is 0 Å². The zero-order valence-electron chi connectivity index (χ0n) is 12.8. The smallest absolute Gasteiger partial charge is 0.245 e. The highest BCUT2D eigenvalue weighted by atomic mass is 35.5. The number of rotatable bonds is 13. The van der Waals surface area contributed by atoms with Crippen LogP contribution in [-0.2, 0) is 4.79 Å². The molecule has 0 saturated heterocycles. The summed E-state index contributed by atoms with van der Waals surface area (Å²) in [5.74, 6) is 0. The van der Waals surface area contributed by atoms with E-state index in [1.54, 1.807) is 6.08 Å². The average molecular weight is 287 g/mol. The molecule has 0 rings (SSSR count). The van der Waals surface area contributed by atoms with Crippen LogP contribution in [0.4, 0.5) is 0 Å². The molecule has 0 radical (unpaired) electrons. The number of hydrogen-bond donors (Lipinski definition) is 0. The topological polar surface area (TPSA) is 17.1 Å². The van der Waals surface area contributed by atoms with Gasteiger partial charge in [-0.2, -0.15) is 0 Å². The van der Waals surface area contributed by atoms with Gasteiger partial charge in [-0.3, -0.25) is 4.79 Å². The highest BCUT2D eigenvalue weighted by Crippen LogP contribution is 2.17. The third kappa shape index (κ3) is 13.9. The van der Waals surface area contributed by atoms with Gasteiger partial charge in [-0.1, -0.05) is 70.8 Å². The van der Waals surface area contributed by atoms with Gasteiger partial charge < -0.3 is 0 Å². The van der Waals surface area contributed by atoms with Crippen molar-refractivity contribution in [2.75, 3.05) is 0 Å². The van der Waals surface area contributed by atoms with E-state index in [0.717, 1.165) is 19.3 Å². The lowest BCUT2D eigenvalue weighted by Gasteiger charge is -2.06. The Hall–Kier alpha value is -0.300. The van der Waals surface area contributed by atoms with E-state index in [2.05, 4.69) is 13.8 Å². The minimum atomic E-state index is -0.314. The maximum atomic E-state index is 10.9. The molecule has 0 aliphatic heterocycles. The van der Waals surface area contributed by atoms with E-state index >= 15 is 0 Å². The quantitative estimate of drug-likeness (QED) is 0.217. The Morgan fingerprint density at radius 1 is 0.789 bits per heavy atom. The summed E-state index contributed by atoms with van der Waals surface area (Å²) < 4.78 is 0. The summed E-state index contributed by atoms with van der Waals surface area (Å²) in [6.07, 6.45) is 16.7. The predicted molar refractivity (Wildman–Crippen MR) is 85.7 cm³/mol. The van der Waals surface area contributed by atoms with E-state index < -0.39 is 0 Å². The second-order valence-corrected chi connectivity index (χ2v) is 5.81. The Bertz CT molecular complexity index is 246. The van der Waals surface area contributed by atoms with Crippen LogP contribution in [0.25, 0.3) is 0 Å². The van der Waals surface area contributed by atoms with Gasteiger partial charge in [-0.15, -0.1) is 0 Å². The summed E-state index contributed by atoms with van der Waals surface area (Å²) in [4.78, 5) is 10.9. The number of halogens is 1. The lowest BCUT2D eigenvalue weighted by molar-refractivity contribution is -0.107. The number of allylic oxidation sites excluding steroid dienone is 2. The van der Waals surface area contributed by atoms with Crippen LogP contribution >= 0.6 is 11.6 Å². The molecule has 0 fully saturated rings. The van der Waals surface area contributed by atoms with Crippen molar-refractivity contribution in [3.05, 3.63) is 11.6 Å². The fraction of sp³-hybridized carbons (Fsp3) is 0.824. The van der Waals surface area contributed by atoms with Crippen LogP contribution in [0.5, 0.6) is 0 Å². The van der Waals surface area contributed by atoms with Crippen LogP contribution in [0.2, 0.25) is 0 Å². The average Bonchev–Trinajstić information content (AvgIpc) is 2.38. The first-order valence-corrected chi connectivity index (χ1v) is 8.47. The van der Waals surface area contributed by atoms with Crippen molar-refractivity contribution in [1.82, 2.24) is 0 Å². The molecule has 0 bridgehead atoms. The molecule has 2 heteroatoms. The molecule has 1 nitrogen and oxygen atoms in total. The van der Waals surface area contributed by atoms with Gasteiger partial charge in [-0.25, -0.2) is 0 Å². The summed E-state index contributed by atoms with van der Waals surface area (Å²) in [6.45, 7) is 4.43. The van der Waals surface area contributed by atoms with Gasteiger partial charge in [0, 0.05) is 0 Å². The van der Waals surface area contributed by atoms with Crippen molar-refractivity contribution in [1.29, 1.82) is 0 Å². The number of hydrogen-bond acceptors (Lipinski definition) is 1. The third-order valence-electron chi connectivity index (χ3n) is 3.52. The Morgan fingerprint density at radius 3 is 1.79 bits per heavy atom. The highest BCUT2D eigenvalue weighted by molar-refractivity contribution is 6.66. The second kappa shape index (κ2) is 14.1. The summed E-state index contributed by atoms with van der Waals surface area (Å²) in [5.41, 5.74) is 1.24. The van der Waals surface area contributed by atoms with E-state index in [1.807, 2.05) is 0 Å². The highest BCUT2D eigenvalue weighted by Gasteiger charge is 2.01. The van der Waals surface area contributed by atoms with Gasteiger partial charge in [0.1, 0.15) is 0 Å². The fourth-order valence-corrected chi connectivity index (χ4v) is 2.47. The van der Waals surface area contributed by atoms with Crippen molar-refractivity contribution in [2.45, 2.75) is 90.9 Å². The van der Waals surface area contributed by atoms with Crippen LogP contribution in [0.15, 0.2) is 11.6 Å². The third-order valence-corrected chi connectivity index (χ3v) is 3.63. The fourth-order valence-electron chi connectivity index (χ4n) is 2.32. The Labute approximate surface area is 124 Å². The minimum absolute atomic E-state index is 0.314. The lowest BCUT2D eigenvalue weighted by atomic mass is 10.0. The summed E-state index contributed by atoms with van der Waals surface area (Å²) in [7, 11) is 0. The van der Waals surface area contributed by atoms with Gasteiger partial charge in [-0.05, 0) is 43.4 Å². The van der Waals surface area contributed by atoms with Crippen molar-refractivity contribution in [3.63, 3.8) is 0 Å². The standard InChI is InChI=1S/C17H31ClO/c1-3-5-7-8-9-10-11-12-14-16(13-6-4-2)15-17(18)19/h15H,3-14H2,1-2H3/b16-15+. The Balaban J connectivity index is 3.61. The monoisotopic (exact) mass is 286 g/mol. The first-order valence-electron chi connectivity index (χ1n) is 8.09.